The molecule has 0 saturated carbocycles. The minimum Gasteiger partial charge on any atom is -0.478 e. The summed E-state index contributed by atoms with van der Waals surface area (Å²) in [7, 11) is 0. The van der Waals surface area contributed by atoms with E-state index >= 15 is 0 Å². The molecular weight excluding hydrogens is 171 g/mol. The Morgan fingerprint density at radius 3 is 2.31 bits per heavy atom. The minimum atomic E-state index is -1.03. The molecule has 0 unspecified atom stereocenters. The average molecular weight is 184 g/mol. The Balaban J connectivity index is 0.000000671. The second-order valence-corrected chi connectivity index (χ2v) is 2.27. The summed E-state index contributed by atoms with van der Waals surface area (Å²) in [4.78, 5) is 10.3. The molecule has 3 heteroatoms. The third-order valence-electron chi connectivity index (χ3n) is 1.40. The summed E-state index contributed by atoms with van der Waals surface area (Å²) in [6.45, 7) is 5.53. The van der Waals surface area contributed by atoms with Crippen LogP contribution in [0.15, 0.2) is 18.2 Å². The second kappa shape index (κ2) is 5.30. The van der Waals surface area contributed by atoms with Crippen molar-refractivity contribution < 1.29 is 14.3 Å². The molecule has 2 nitrogen and oxygen atoms in total. The minimum absolute atomic E-state index is 0.115. The van der Waals surface area contributed by atoms with Crippen LogP contribution in [0.25, 0.3) is 0 Å². The van der Waals surface area contributed by atoms with E-state index in [9.17, 15) is 9.18 Å². The lowest BCUT2D eigenvalue weighted by molar-refractivity contribution is 0.0696. The highest BCUT2D eigenvalue weighted by Crippen LogP contribution is 2.08. The monoisotopic (exact) mass is 184 g/mol. The summed E-state index contributed by atoms with van der Waals surface area (Å²) in [6, 6.07) is 3.70. The first-order chi connectivity index (χ1) is 6.11. The van der Waals surface area contributed by atoms with E-state index in [1.807, 2.05) is 13.8 Å². The topological polar surface area (TPSA) is 37.3 Å². The highest BCUT2D eigenvalue weighted by atomic mass is 19.1. The van der Waals surface area contributed by atoms with Gasteiger partial charge in [0.05, 0.1) is 5.56 Å². The predicted octanol–water partition coefficient (Wildman–Crippen LogP) is 2.86. The third-order valence-corrected chi connectivity index (χ3v) is 1.40. The van der Waals surface area contributed by atoms with Crippen molar-refractivity contribution in [3.63, 3.8) is 0 Å². The third kappa shape index (κ3) is 3.23. The zero-order valence-electron chi connectivity index (χ0n) is 7.97. The van der Waals surface area contributed by atoms with E-state index in [0.717, 1.165) is 6.07 Å². The van der Waals surface area contributed by atoms with Crippen molar-refractivity contribution in [2.75, 3.05) is 0 Å². The lowest BCUT2D eigenvalue weighted by Gasteiger charge is -1.96. The Kier molecular flexibility index (Phi) is 4.74. The Morgan fingerprint density at radius 1 is 1.38 bits per heavy atom. The van der Waals surface area contributed by atoms with E-state index in [1.165, 1.54) is 19.1 Å². The van der Waals surface area contributed by atoms with E-state index in [1.54, 1.807) is 0 Å². The van der Waals surface area contributed by atoms with E-state index in [2.05, 4.69) is 0 Å². The quantitative estimate of drug-likeness (QED) is 0.728. The lowest BCUT2D eigenvalue weighted by Crippen LogP contribution is -1.97. The van der Waals surface area contributed by atoms with Gasteiger partial charge in [0.2, 0.25) is 0 Å². The number of benzene rings is 1. The summed E-state index contributed by atoms with van der Waals surface area (Å²) in [5, 5.41) is 8.48. The molecule has 0 atom stereocenters. The summed E-state index contributed by atoms with van der Waals surface area (Å²) in [5.41, 5.74) is 0.466. The first-order valence-electron chi connectivity index (χ1n) is 4.10. The number of carboxylic acids is 1. The fourth-order valence-corrected chi connectivity index (χ4v) is 0.778. The van der Waals surface area contributed by atoms with Crippen LogP contribution in [0, 0.1) is 12.7 Å². The molecule has 0 aliphatic heterocycles. The van der Waals surface area contributed by atoms with E-state index in [4.69, 9.17) is 5.11 Å². The first-order valence-corrected chi connectivity index (χ1v) is 4.10. The van der Waals surface area contributed by atoms with Crippen molar-refractivity contribution >= 4 is 5.97 Å². The van der Waals surface area contributed by atoms with Gasteiger partial charge in [0, 0.05) is 0 Å². The molecule has 1 rings (SSSR count). The van der Waals surface area contributed by atoms with Gasteiger partial charge in [0.25, 0.3) is 0 Å². The van der Waals surface area contributed by atoms with Crippen LogP contribution in [0.4, 0.5) is 4.39 Å². The number of aromatic carboxylic acids is 1. The number of aryl methyl sites for hydroxylation is 1. The summed E-state index contributed by atoms with van der Waals surface area (Å²) >= 11 is 0. The molecule has 1 N–H and O–H groups in total. The van der Waals surface area contributed by atoms with Gasteiger partial charge < -0.3 is 5.11 Å². The van der Waals surface area contributed by atoms with Crippen LogP contribution in [-0.2, 0) is 0 Å². The number of carbonyl (C=O) groups is 1. The fraction of sp³-hybridized carbons (Fsp3) is 0.300. The van der Waals surface area contributed by atoms with Crippen molar-refractivity contribution in [2.24, 2.45) is 0 Å². The molecule has 13 heavy (non-hydrogen) atoms. The van der Waals surface area contributed by atoms with Crippen LogP contribution in [0.5, 0.6) is 0 Å². The lowest BCUT2D eigenvalue weighted by atomic mass is 10.1. The molecule has 0 saturated heterocycles. The Morgan fingerprint density at radius 2 is 1.92 bits per heavy atom. The summed E-state index contributed by atoms with van der Waals surface area (Å²) in [5.74, 6) is -1.41. The van der Waals surface area contributed by atoms with Gasteiger partial charge in [-0.1, -0.05) is 13.8 Å². The molecule has 72 valence electrons. The van der Waals surface area contributed by atoms with Crippen LogP contribution >= 0.6 is 0 Å². The molecule has 0 spiro atoms. The predicted molar refractivity (Wildman–Crippen MR) is 49.4 cm³/mol. The molecule has 0 aliphatic carbocycles. The van der Waals surface area contributed by atoms with Gasteiger partial charge in [-0.2, -0.15) is 0 Å². The largest absolute Gasteiger partial charge is 0.478 e. The van der Waals surface area contributed by atoms with Crippen LogP contribution in [-0.4, -0.2) is 11.1 Å². The molecule has 0 radical (unpaired) electrons. The number of carboxylic acid groups (broad SMARTS) is 1. The van der Waals surface area contributed by atoms with Gasteiger partial charge in [-0.05, 0) is 30.7 Å². The Labute approximate surface area is 77.0 Å². The highest BCUT2D eigenvalue weighted by Gasteiger charge is 2.03. The van der Waals surface area contributed by atoms with Crippen molar-refractivity contribution in [2.45, 2.75) is 20.8 Å². The molecule has 0 aliphatic rings. The van der Waals surface area contributed by atoms with Crippen LogP contribution in [0.2, 0.25) is 0 Å². The van der Waals surface area contributed by atoms with Crippen molar-refractivity contribution in [1.29, 1.82) is 0 Å². The smallest absolute Gasteiger partial charge is 0.335 e. The molecule has 0 heterocycles. The zero-order chi connectivity index (χ0) is 10.4. The maximum absolute atomic E-state index is 12.6. The zero-order valence-corrected chi connectivity index (χ0v) is 7.97. The first kappa shape index (κ1) is 11.6. The summed E-state index contributed by atoms with van der Waals surface area (Å²) < 4.78 is 12.6. The molecule has 0 bridgehead atoms. The van der Waals surface area contributed by atoms with Crippen molar-refractivity contribution in [3.05, 3.63) is 35.1 Å². The van der Waals surface area contributed by atoms with Crippen LogP contribution < -0.4 is 0 Å². The SMILES string of the molecule is CC.Cc1cc(C(=O)O)ccc1F. The molecule has 0 fully saturated rings. The number of halogens is 1. The normalized spacial score (nSPS) is 8.62. The fourth-order valence-electron chi connectivity index (χ4n) is 0.778. The van der Waals surface area contributed by atoms with Gasteiger partial charge in [-0.25, -0.2) is 9.18 Å². The van der Waals surface area contributed by atoms with Crippen molar-refractivity contribution in [3.8, 4) is 0 Å². The van der Waals surface area contributed by atoms with Gasteiger partial charge in [0.15, 0.2) is 0 Å². The maximum atomic E-state index is 12.6. The van der Waals surface area contributed by atoms with E-state index < -0.39 is 5.97 Å². The van der Waals surface area contributed by atoms with Gasteiger partial charge in [-0.3, -0.25) is 0 Å². The standard InChI is InChI=1S/C8H7FO2.C2H6/c1-5-4-6(8(10)11)2-3-7(5)9;1-2/h2-4H,1H3,(H,10,11);1-2H3. The molecule has 0 aromatic heterocycles. The highest BCUT2D eigenvalue weighted by molar-refractivity contribution is 5.87. The molecule has 1 aromatic carbocycles. The van der Waals surface area contributed by atoms with Gasteiger partial charge >= 0.3 is 5.97 Å². The Hall–Kier alpha value is -1.38. The van der Waals surface area contributed by atoms with Crippen molar-refractivity contribution in [1.82, 2.24) is 0 Å². The molecule has 0 amide bonds. The van der Waals surface area contributed by atoms with E-state index in [0.29, 0.717) is 5.56 Å². The molecular formula is C10H13FO2. The van der Waals surface area contributed by atoms with Gasteiger partial charge in [0.1, 0.15) is 5.82 Å². The van der Waals surface area contributed by atoms with Crippen LogP contribution in [0.1, 0.15) is 29.8 Å². The average Bonchev–Trinajstić information content (AvgIpc) is 2.13. The number of hydrogen-bond acceptors (Lipinski definition) is 1. The maximum Gasteiger partial charge on any atom is 0.335 e. The Bertz CT molecular complexity index is 295. The second-order valence-electron chi connectivity index (χ2n) is 2.27. The van der Waals surface area contributed by atoms with E-state index in [-0.39, 0.29) is 11.4 Å². The number of hydrogen-bond donors (Lipinski definition) is 1. The summed E-state index contributed by atoms with van der Waals surface area (Å²) in [6.07, 6.45) is 0. The van der Waals surface area contributed by atoms with Crippen LogP contribution in [0.3, 0.4) is 0 Å². The molecule has 1 aromatic rings. The van der Waals surface area contributed by atoms with Gasteiger partial charge in [-0.15, -0.1) is 0 Å². The number of rotatable bonds is 1.